The first-order valence-corrected chi connectivity index (χ1v) is 18.9. The molecule has 10 aromatic carbocycles. The lowest BCUT2D eigenvalue weighted by atomic mass is 9.92. The van der Waals surface area contributed by atoms with Crippen LogP contribution < -0.4 is 4.90 Å². The van der Waals surface area contributed by atoms with E-state index >= 15 is 0 Å². The molecule has 0 amide bonds. The van der Waals surface area contributed by atoms with Crippen LogP contribution in [-0.4, -0.2) is 0 Å². The molecule has 55 heavy (non-hydrogen) atoms. The van der Waals surface area contributed by atoms with Crippen molar-refractivity contribution in [1.29, 1.82) is 0 Å². The predicted molar refractivity (Wildman–Crippen MR) is 235 cm³/mol. The van der Waals surface area contributed by atoms with Crippen LogP contribution in [0, 0.1) is 0 Å². The average Bonchev–Trinajstić information content (AvgIpc) is 3.27. The number of hydrogen-bond donors (Lipinski definition) is 0. The first-order valence-electron chi connectivity index (χ1n) is 18.9. The monoisotopic (exact) mass is 699 g/mol. The molecule has 0 radical (unpaired) electrons. The molecular weight excluding hydrogens is 663 g/mol. The van der Waals surface area contributed by atoms with Gasteiger partial charge in [-0.1, -0.05) is 182 Å². The van der Waals surface area contributed by atoms with E-state index in [0.717, 1.165) is 17.1 Å². The lowest BCUT2D eigenvalue weighted by molar-refractivity contribution is 1.28. The molecule has 0 atom stereocenters. The maximum absolute atomic E-state index is 2.41. The van der Waals surface area contributed by atoms with E-state index in [-0.39, 0.29) is 0 Å². The minimum absolute atomic E-state index is 1.09. The number of nitrogens with zero attached hydrogens (tertiary/aromatic N) is 1. The second-order valence-corrected chi connectivity index (χ2v) is 14.1. The normalized spacial score (nSPS) is 11.3. The van der Waals surface area contributed by atoms with Gasteiger partial charge in [-0.3, -0.25) is 0 Å². The van der Waals surface area contributed by atoms with E-state index in [1.54, 1.807) is 0 Å². The van der Waals surface area contributed by atoms with E-state index in [4.69, 9.17) is 0 Å². The zero-order valence-electron chi connectivity index (χ0n) is 30.3. The van der Waals surface area contributed by atoms with Gasteiger partial charge in [0.2, 0.25) is 0 Å². The quantitative estimate of drug-likeness (QED) is 0.150. The molecule has 0 aliphatic carbocycles. The molecule has 10 aromatic rings. The largest absolute Gasteiger partial charge is 0.310 e. The smallest absolute Gasteiger partial charge is 0.0540 e. The lowest BCUT2D eigenvalue weighted by Crippen LogP contribution is -2.11. The second kappa shape index (κ2) is 14.0. The number of hydrogen-bond acceptors (Lipinski definition) is 1. The van der Waals surface area contributed by atoms with Crippen LogP contribution in [0.3, 0.4) is 0 Å². The topological polar surface area (TPSA) is 3.24 Å². The maximum Gasteiger partial charge on any atom is 0.0540 e. The van der Waals surface area contributed by atoms with Crippen molar-refractivity contribution in [2.45, 2.75) is 0 Å². The van der Waals surface area contributed by atoms with E-state index in [2.05, 4.69) is 229 Å². The van der Waals surface area contributed by atoms with Crippen LogP contribution in [0.2, 0.25) is 0 Å². The zero-order chi connectivity index (χ0) is 36.6. The van der Waals surface area contributed by atoms with Crippen LogP contribution >= 0.6 is 0 Å². The van der Waals surface area contributed by atoms with Crippen LogP contribution in [-0.2, 0) is 0 Å². The van der Waals surface area contributed by atoms with Gasteiger partial charge < -0.3 is 4.90 Å². The van der Waals surface area contributed by atoms with E-state index in [1.807, 2.05) is 0 Å². The Hall–Kier alpha value is -7.22. The van der Waals surface area contributed by atoms with Gasteiger partial charge in [0.1, 0.15) is 0 Å². The van der Waals surface area contributed by atoms with E-state index in [9.17, 15) is 0 Å². The minimum Gasteiger partial charge on any atom is -0.310 e. The third kappa shape index (κ3) is 6.02. The highest BCUT2D eigenvalue weighted by molar-refractivity contribution is 6.15. The van der Waals surface area contributed by atoms with Crippen molar-refractivity contribution >= 4 is 49.4 Å². The van der Waals surface area contributed by atoms with Crippen LogP contribution in [0.5, 0.6) is 0 Å². The summed E-state index contributed by atoms with van der Waals surface area (Å²) in [5, 5.41) is 7.51. The minimum atomic E-state index is 1.09. The van der Waals surface area contributed by atoms with Crippen molar-refractivity contribution in [2.75, 3.05) is 4.90 Å². The Bertz CT molecular complexity index is 2960. The third-order valence-corrected chi connectivity index (χ3v) is 10.9. The van der Waals surface area contributed by atoms with Crippen molar-refractivity contribution < 1.29 is 0 Å². The fourth-order valence-corrected chi connectivity index (χ4v) is 8.17. The van der Waals surface area contributed by atoms with Crippen LogP contribution in [0.25, 0.3) is 76.8 Å². The second-order valence-electron chi connectivity index (χ2n) is 14.1. The van der Waals surface area contributed by atoms with Gasteiger partial charge >= 0.3 is 0 Å². The number of fused-ring (bicyclic) bond motifs is 4. The van der Waals surface area contributed by atoms with E-state index in [1.165, 1.54) is 76.8 Å². The third-order valence-electron chi connectivity index (χ3n) is 10.9. The summed E-state index contributed by atoms with van der Waals surface area (Å²) in [5.41, 5.74) is 13.0. The highest BCUT2D eigenvalue weighted by Crippen LogP contribution is 2.45. The molecule has 258 valence electrons. The Balaban J connectivity index is 1.13. The molecule has 1 heteroatoms. The van der Waals surface area contributed by atoms with Gasteiger partial charge in [-0.15, -0.1) is 0 Å². The van der Waals surface area contributed by atoms with Gasteiger partial charge in [0, 0.05) is 16.9 Å². The van der Waals surface area contributed by atoms with Gasteiger partial charge in [-0.2, -0.15) is 0 Å². The molecule has 0 fully saturated rings. The maximum atomic E-state index is 2.41. The molecule has 0 saturated carbocycles. The number of anilines is 3. The molecule has 0 heterocycles. The Kier molecular flexibility index (Phi) is 8.24. The van der Waals surface area contributed by atoms with Crippen molar-refractivity contribution in [2.24, 2.45) is 0 Å². The fourth-order valence-electron chi connectivity index (χ4n) is 8.17. The molecule has 0 N–H and O–H groups in total. The standard InChI is InChI=1S/C54H37N/c1-2-15-40(16-3-1)47-19-8-9-20-48(47)41-30-34-46(35-31-41)55(45-32-28-39(29-33-45)43-27-26-38-14-4-5-17-42(38)36-43)54-25-13-12-24-52(54)53-37-44-18-6-7-21-49(44)50-22-10-11-23-51(50)53/h1-37H. The molecule has 0 aromatic heterocycles. The number of benzene rings is 10. The van der Waals surface area contributed by atoms with Crippen molar-refractivity contribution in [1.82, 2.24) is 0 Å². The summed E-state index contributed by atoms with van der Waals surface area (Å²) in [4.78, 5) is 2.41. The van der Waals surface area contributed by atoms with Gasteiger partial charge in [-0.05, 0) is 114 Å². The number of rotatable bonds is 7. The molecule has 0 aliphatic rings. The van der Waals surface area contributed by atoms with Gasteiger partial charge in [-0.25, -0.2) is 0 Å². The summed E-state index contributed by atoms with van der Waals surface area (Å²) in [6.45, 7) is 0. The van der Waals surface area contributed by atoms with Crippen molar-refractivity contribution in [3.8, 4) is 44.5 Å². The predicted octanol–water partition coefficient (Wildman–Crippen LogP) is 15.3. The Morgan fingerprint density at radius 3 is 1.44 bits per heavy atom. The summed E-state index contributed by atoms with van der Waals surface area (Å²) >= 11 is 0. The molecule has 0 unspecified atom stereocenters. The molecule has 0 bridgehead atoms. The molecular formula is C54H37N. The summed E-state index contributed by atoms with van der Waals surface area (Å²) < 4.78 is 0. The molecule has 10 rings (SSSR count). The first-order chi connectivity index (χ1) is 27.3. The van der Waals surface area contributed by atoms with Gasteiger partial charge in [0.15, 0.2) is 0 Å². The van der Waals surface area contributed by atoms with E-state index < -0.39 is 0 Å². The van der Waals surface area contributed by atoms with Crippen LogP contribution in [0.15, 0.2) is 224 Å². The molecule has 0 spiro atoms. The molecule has 1 nitrogen and oxygen atoms in total. The Labute approximate surface area is 322 Å². The zero-order valence-corrected chi connectivity index (χ0v) is 30.3. The first kappa shape index (κ1) is 32.4. The molecule has 0 saturated heterocycles. The summed E-state index contributed by atoms with van der Waals surface area (Å²) in [6.07, 6.45) is 0. The Morgan fingerprint density at radius 1 is 0.236 bits per heavy atom. The highest BCUT2D eigenvalue weighted by atomic mass is 15.1. The fraction of sp³-hybridized carbons (Fsp3) is 0. The summed E-state index contributed by atoms with van der Waals surface area (Å²) in [7, 11) is 0. The average molecular weight is 700 g/mol. The van der Waals surface area contributed by atoms with Gasteiger partial charge in [0.05, 0.1) is 5.69 Å². The summed E-state index contributed by atoms with van der Waals surface area (Å²) in [5.74, 6) is 0. The van der Waals surface area contributed by atoms with Gasteiger partial charge in [0.25, 0.3) is 0 Å². The van der Waals surface area contributed by atoms with Crippen molar-refractivity contribution in [3.05, 3.63) is 224 Å². The molecule has 0 aliphatic heterocycles. The summed E-state index contributed by atoms with van der Waals surface area (Å²) in [6, 6.07) is 81.5. The van der Waals surface area contributed by atoms with Crippen LogP contribution in [0.4, 0.5) is 17.1 Å². The van der Waals surface area contributed by atoms with Crippen molar-refractivity contribution in [3.63, 3.8) is 0 Å². The Morgan fingerprint density at radius 2 is 0.727 bits per heavy atom. The number of para-hydroxylation sites is 1. The highest BCUT2D eigenvalue weighted by Gasteiger charge is 2.20. The van der Waals surface area contributed by atoms with Crippen LogP contribution in [0.1, 0.15) is 0 Å². The SMILES string of the molecule is c1ccc(-c2ccccc2-c2ccc(N(c3ccc(-c4ccc5ccccc5c4)cc3)c3ccccc3-c3cc4ccccc4c4ccccc34)cc2)cc1. The van der Waals surface area contributed by atoms with E-state index in [0.29, 0.717) is 0 Å². The lowest BCUT2D eigenvalue weighted by Gasteiger charge is -2.29.